The third kappa shape index (κ3) is 3.23. The van der Waals surface area contributed by atoms with Crippen molar-refractivity contribution in [3.63, 3.8) is 0 Å². The molecule has 0 spiro atoms. The predicted molar refractivity (Wildman–Crippen MR) is 90.1 cm³/mol. The van der Waals surface area contributed by atoms with E-state index < -0.39 is 0 Å². The van der Waals surface area contributed by atoms with Crippen LogP contribution in [0.3, 0.4) is 0 Å². The number of hydrogen-bond acceptors (Lipinski definition) is 3. The second-order valence-electron chi connectivity index (χ2n) is 4.38. The van der Waals surface area contributed by atoms with Gasteiger partial charge in [0, 0.05) is 26.0 Å². The number of aromatic nitrogens is 1. The van der Waals surface area contributed by atoms with Crippen LogP contribution in [0.25, 0.3) is 10.6 Å². The number of rotatable bonds is 3. The number of carbonyl (C=O) groups is 1. The second-order valence-corrected chi connectivity index (χ2v) is 6.59. The zero-order valence-corrected chi connectivity index (χ0v) is 13.9. The molecule has 0 aliphatic heterocycles. The molecule has 0 saturated heterocycles. The van der Waals surface area contributed by atoms with Crippen LogP contribution in [0.1, 0.15) is 16.1 Å². The molecule has 0 amide bonds. The molecule has 2 aromatic carbocycles. The van der Waals surface area contributed by atoms with Crippen LogP contribution in [0, 0.1) is 0 Å². The number of hydrogen-bond donors (Lipinski definition) is 0. The Balaban J connectivity index is 1.89. The van der Waals surface area contributed by atoms with Crippen LogP contribution < -0.4 is 0 Å². The van der Waals surface area contributed by atoms with Gasteiger partial charge in [0.05, 0.1) is 0 Å². The van der Waals surface area contributed by atoms with Gasteiger partial charge in [-0.25, -0.2) is 4.98 Å². The number of ketones is 1. The van der Waals surface area contributed by atoms with Crippen molar-refractivity contribution in [1.82, 2.24) is 4.98 Å². The number of benzene rings is 2. The Morgan fingerprint density at radius 3 is 2.38 bits per heavy atom. The van der Waals surface area contributed by atoms with E-state index in [1.165, 1.54) is 11.3 Å². The molecular formula is C16H9BrClNOS. The Labute approximate surface area is 139 Å². The van der Waals surface area contributed by atoms with Gasteiger partial charge in [0.15, 0.2) is 0 Å². The molecule has 0 unspecified atom stereocenters. The normalized spacial score (nSPS) is 10.6. The van der Waals surface area contributed by atoms with Crippen molar-refractivity contribution < 1.29 is 4.79 Å². The van der Waals surface area contributed by atoms with Crippen molar-refractivity contribution >= 4 is 44.7 Å². The van der Waals surface area contributed by atoms with Gasteiger partial charge < -0.3 is 0 Å². The third-order valence-corrected chi connectivity index (χ3v) is 4.61. The van der Waals surface area contributed by atoms with Crippen LogP contribution >= 0.6 is 38.9 Å². The van der Waals surface area contributed by atoms with Crippen LogP contribution in [0.15, 0.2) is 58.4 Å². The van der Waals surface area contributed by atoms with Gasteiger partial charge in [-0.15, -0.1) is 11.3 Å². The lowest BCUT2D eigenvalue weighted by Gasteiger charge is -1.98. The van der Waals surface area contributed by atoms with E-state index in [9.17, 15) is 4.79 Å². The Morgan fingerprint density at radius 2 is 1.71 bits per heavy atom. The number of carbonyl (C=O) groups excluding carboxylic acids is 1. The summed E-state index contributed by atoms with van der Waals surface area (Å²) < 4.78 is 0.944. The lowest BCUT2D eigenvalue weighted by molar-refractivity contribution is 0.103. The van der Waals surface area contributed by atoms with Gasteiger partial charge in [-0.2, -0.15) is 0 Å². The monoisotopic (exact) mass is 377 g/mol. The van der Waals surface area contributed by atoms with Gasteiger partial charge in [0.2, 0.25) is 5.78 Å². The first kappa shape index (κ1) is 14.4. The van der Waals surface area contributed by atoms with Crippen LogP contribution in [0.4, 0.5) is 0 Å². The summed E-state index contributed by atoms with van der Waals surface area (Å²) in [6.45, 7) is 0. The minimum atomic E-state index is -0.0704. The molecule has 3 aromatic rings. The van der Waals surface area contributed by atoms with Crippen molar-refractivity contribution in [1.29, 1.82) is 0 Å². The minimum absolute atomic E-state index is 0.0704. The van der Waals surface area contributed by atoms with Gasteiger partial charge >= 0.3 is 0 Å². The van der Waals surface area contributed by atoms with Crippen LogP contribution in [-0.4, -0.2) is 10.8 Å². The molecule has 104 valence electrons. The summed E-state index contributed by atoms with van der Waals surface area (Å²) in [5.74, 6) is -0.0704. The summed E-state index contributed by atoms with van der Waals surface area (Å²) in [5, 5.41) is 3.28. The largest absolute Gasteiger partial charge is 0.287 e. The minimum Gasteiger partial charge on any atom is -0.287 e. The maximum Gasteiger partial charge on any atom is 0.212 e. The van der Waals surface area contributed by atoms with E-state index in [2.05, 4.69) is 20.9 Å². The van der Waals surface area contributed by atoms with Crippen molar-refractivity contribution in [2.24, 2.45) is 0 Å². The molecule has 0 saturated carbocycles. The fraction of sp³-hybridized carbons (Fsp3) is 0. The average molecular weight is 379 g/mol. The summed E-state index contributed by atoms with van der Waals surface area (Å²) in [6.07, 6.45) is 0. The molecule has 0 radical (unpaired) electrons. The second kappa shape index (κ2) is 6.10. The molecule has 0 bridgehead atoms. The van der Waals surface area contributed by atoms with Gasteiger partial charge in [-0.1, -0.05) is 39.7 Å². The maximum atomic E-state index is 12.4. The molecule has 0 aliphatic carbocycles. The van der Waals surface area contributed by atoms with E-state index in [4.69, 9.17) is 11.6 Å². The Morgan fingerprint density at radius 1 is 1.05 bits per heavy atom. The lowest BCUT2D eigenvalue weighted by atomic mass is 10.1. The molecule has 21 heavy (non-hydrogen) atoms. The predicted octanol–water partition coefficient (Wildman–Crippen LogP) is 5.46. The standard InChI is InChI=1S/C16H9BrClNOS/c17-12-5-1-10(2-6-12)15(20)14-9-21-16(19-14)11-3-7-13(18)8-4-11/h1-9H. The Bertz CT molecular complexity index is 781. The highest BCUT2D eigenvalue weighted by Crippen LogP contribution is 2.26. The first-order chi connectivity index (χ1) is 10.1. The quantitative estimate of drug-likeness (QED) is 0.567. The van der Waals surface area contributed by atoms with Crippen LogP contribution in [-0.2, 0) is 0 Å². The summed E-state index contributed by atoms with van der Waals surface area (Å²) in [5.41, 5.74) is 2.05. The van der Waals surface area contributed by atoms with E-state index in [0.717, 1.165) is 15.0 Å². The van der Waals surface area contributed by atoms with Gasteiger partial charge in [-0.3, -0.25) is 4.79 Å². The van der Waals surface area contributed by atoms with E-state index in [0.29, 0.717) is 16.3 Å². The molecule has 1 aromatic heterocycles. The highest BCUT2D eigenvalue weighted by Gasteiger charge is 2.13. The molecule has 0 N–H and O–H groups in total. The third-order valence-electron chi connectivity index (χ3n) is 2.93. The topological polar surface area (TPSA) is 30.0 Å². The van der Waals surface area contributed by atoms with E-state index >= 15 is 0 Å². The summed E-state index contributed by atoms with van der Waals surface area (Å²) >= 11 is 10.7. The van der Waals surface area contributed by atoms with Crippen molar-refractivity contribution in [3.8, 4) is 10.6 Å². The summed E-state index contributed by atoms with van der Waals surface area (Å²) in [6, 6.07) is 14.7. The van der Waals surface area contributed by atoms with Gasteiger partial charge in [0.25, 0.3) is 0 Å². The Hall–Kier alpha value is -1.49. The number of halogens is 2. The van der Waals surface area contributed by atoms with E-state index in [1.54, 1.807) is 17.5 Å². The summed E-state index contributed by atoms with van der Waals surface area (Å²) in [7, 11) is 0. The first-order valence-corrected chi connectivity index (χ1v) is 8.20. The van der Waals surface area contributed by atoms with E-state index in [1.807, 2.05) is 36.4 Å². The smallest absolute Gasteiger partial charge is 0.212 e. The molecule has 0 aliphatic rings. The maximum absolute atomic E-state index is 12.4. The molecular weight excluding hydrogens is 370 g/mol. The fourth-order valence-electron chi connectivity index (χ4n) is 1.85. The van der Waals surface area contributed by atoms with Crippen LogP contribution in [0.5, 0.6) is 0 Å². The van der Waals surface area contributed by atoms with E-state index in [-0.39, 0.29) is 5.78 Å². The van der Waals surface area contributed by atoms with Crippen molar-refractivity contribution in [2.45, 2.75) is 0 Å². The first-order valence-electron chi connectivity index (χ1n) is 6.15. The number of thiazole rings is 1. The fourth-order valence-corrected chi connectivity index (χ4v) is 3.05. The van der Waals surface area contributed by atoms with Gasteiger partial charge in [-0.05, 0) is 36.4 Å². The molecule has 1 heterocycles. The van der Waals surface area contributed by atoms with Gasteiger partial charge in [0.1, 0.15) is 10.7 Å². The number of nitrogens with zero attached hydrogens (tertiary/aromatic N) is 1. The molecule has 2 nitrogen and oxygen atoms in total. The van der Waals surface area contributed by atoms with Crippen molar-refractivity contribution in [2.75, 3.05) is 0 Å². The highest BCUT2D eigenvalue weighted by molar-refractivity contribution is 9.10. The highest BCUT2D eigenvalue weighted by atomic mass is 79.9. The Kier molecular flexibility index (Phi) is 4.19. The van der Waals surface area contributed by atoms with Crippen molar-refractivity contribution in [3.05, 3.63) is 74.7 Å². The lowest BCUT2D eigenvalue weighted by Crippen LogP contribution is -2.01. The molecule has 5 heteroatoms. The zero-order chi connectivity index (χ0) is 14.8. The summed E-state index contributed by atoms with van der Waals surface area (Å²) in [4.78, 5) is 16.8. The van der Waals surface area contributed by atoms with Crippen LogP contribution in [0.2, 0.25) is 5.02 Å². The zero-order valence-electron chi connectivity index (χ0n) is 10.7. The molecule has 3 rings (SSSR count). The molecule has 0 atom stereocenters. The molecule has 0 fully saturated rings. The SMILES string of the molecule is O=C(c1ccc(Br)cc1)c1csc(-c2ccc(Cl)cc2)n1. The average Bonchev–Trinajstić information content (AvgIpc) is 2.98.